The monoisotopic (exact) mass is 426 g/mol. The average molecular weight is 427 g/mol. The second-order valence-electron chi connectivity index (χ2n) is 7.83. The van der Waals surface area contributed by atoms with E-state index >= 15 is 0 Å². The molecule has 2 saturated heterocycles. The molecule has 0 saturated carbocycles. The van der Waals surface area contributed by atoms with Crippen LogP contribution in [-0.4, -0.2) is 74.4 Å². The third kappa shape index (κ3) is 4.76. The summed E-state index contributed by atoms with van der Waals surface area (Å²) in [5.74, 6) is 3.01. The summed E-state index contributed by atoms with van der Waals surface area (Å²) >= 11 is 0. The fraction of sp³-hybridized carbons (Fsp3) is 0.500. The summed E-state index contributed by atoms with van der Waals surface area (Å²) in [6.07, 6.45) is 2.39. The average Bonchev–Trinajstić information content (AvgIpc) is 3.34. The van der Waals surface area contributed by atoms with Crippen molar-refractivity contribution in [3.05, 3.63) is 30.0 Å². The molecule has 2 aliphatic rings. The summed E-state index contributed by atoms with van der Waals surface area (Å²) in [6, 6.07) is 7.21. The maximum Gasteiger partial charge on any atom is 0.322 e. The Balaban J connectivity index is 1.39. The Kier molecular flexibility index (Phi) is 6.29. The second kappa shape index (κ2) is 9.28. The van der Waals surface area contributed by atoms with Crippen LogP contribution < -0.4 is 24.6 Å². The van der Waals surface area contributed by atoms with Crippen LogP contribution in [0.5, 0.6) is 11.5 Å². The molecule has 31 heavy (non-hydrogen) atoms. The number of anilines is 3. The van der Waals surface area contributed by atoms with E-state index in [1.54, 1.807) is 32.4 Å². The van der Waals surface area contributed by atoms with Crippen LogP contribution in [0, 0.1) is 6.92 Å². The predicted molar refractivity (Wildman–Crippen MR) is 121 cm³/mol. The Hall–Kier alpha value is -3.23. The Morgan fingerprint density at radius 2 is 1.68 bits per heavy atom. The summed E-state index contributed by atoms with van der Waals surface area (Å²) in [5.41, 5.74) is 1.56. The van der Waals surface area contributed by atoms with Gasteiger partial charge in [-0.1, -0.05) is 0 Å². The molecule has 1 aromatic heterocycles. The first-order chi connectivity index (χ1) is 15.1. The number of urea groups is 1. The molecule has 9 nitrogen and oxygen atoms in total. The van der Waals surface area contributed by atoms with Gasteiger partial charge in [0, 0.05) is 57.1 Å². The normalized spacial score (nSPS) is 16.4. The molecule has 0 unspecified atom stereocenters. The number of aromatic nitrogens is 2. The SMILES string of the molecule is COc1ccc(OC)c(NC(=O)N2CCN(c3cc(C)nc(N4CCCC4)n3)CC2)c1. The van der Waals surface area contributed by atoms with Crippen molar-refractivity contribution in [2.24, 2.45) is 0 Å². The van der Waals surface area contributed by atoms with Crippen molar-refractivity contribution in [3.8, 4) is 11.5 Å². The van der Waals surface area contributed by atoms with E-state index in [1.807, 2.05) is 17.9 Å². The maximum absolute atomic E-state index is 12.8. The highest BCUT2D eigenvalue weighted by Crippen LogP contribution is 2.29. The molecule has 9 heteroatoms. The van der Waals surface area contributed by atoms with Gasteiger partial charge in [-0.3, -0.25) is 0 Å². The molecule has 0 atom stereocenters. The first-order valence-electron chi connectivity index (χ1n) is 10.7. The van der Waals surface area contributed by atoms with Gasteiger partial charge in [-0.25, -0.2) is 9.78 Å². The number of nitrogens with zero attached hydrogens (tertiary/aromatic N) is 5. The number of benzene rings is 1. The number of nitrogens with one attached hydrogen (secondary N) is 1. The standard InChI is InChI=1S/C22H30N6O3/c1-16-14-20(25-21(23-16)27-8-4-5-9-27)26-10-12-28(13-11-26)22(29)24-18-15-17(30-2)6-7-19(18)31-3/h6-7,14-15H,4-5,8-13H2,1-3H3,(H,24,29). The highest BCUT2D eigenvalue weighted by molar-refractivity contribution is 5.91. The van der Waals surface area contributed by atoms with E-state index < -0.39 is 0 Å². The van der Waals surface area contributed by atoms with Crippen LogP contribution >= 0.6 is 0 Å². The van der Waals surface area contributed by atoms with Crippen LogP contribution in [0.25, 0.3) is 0 Å². The van der Waals surface area contributed by atoms with Gasteiger partial charge in [0.25, 0.3) is 0 Å². The third-order valence-electron chi connectivity index (χ3n) is 5.76. The lowest BCUT2D eigenvalue weighted by molar-refractivity contribution is 0.208. The van der Waals surface area contributed by atoms with E-state index in [4.69, 9.17) is 14.5 Å². The molecule has 166 valence electrons. The van der Waals surface area contributed by atoms with Crippen LogP contribution in [0.4, 0.5) is 22.2 Å². The zero-order valence-corrected chi connectivity index (χ0v) is 18.4. The maximum atomic E-state index is 12.8. The number of carbonyl (C=O) groups is 1. The highest BCUT2D eigenvalue weighted by Gasteiger charge is 2.24. The van der Waals surface area contributed by atoms with Crippen molar-refractivity contribution in [1.29, 1.82) is 0 Å². The van der Waals surface area contributed by atoms with Gasteiger partial charge in [-0.15, -0.1) is 0 Å². The van der Waals surface area contributed by atoms with E-state index in [-0.39, 0.29) is 6.03 Å². The number of carbonyl (C=O) groups excluding carboxylic acids is 1. The summed E-state index contributed by atoms with van der Waals surface area (Å²) in [4.78, 5) is 28.5. The molecule has 0 spiro atoms. The van der Waals surface area contributed by atoms with E-state index in [1.165, 1.54) is 12.8 Å². The largest absolute Gasteiger partial charge is 0.497 e. The van der Waals surface area contributed by atoms with Crippen molar-refractivity contribution in [2.75, 3.05) is 68.6 Å². The number of hydrogen-bond donors (Lipinski definition) is 1. The predicted octanol–water partition coefficient (Wildman–Crippen LogP) is 2.76. The van der Waals surface area contributed by atoms with Gasteiger partial charge in [0.2, 0.25) is 5.95 Å². The summed E-state index contributed by atoms with van der Waals surface area (Å²) in [7, 11) is 3.17. The lowest BCUT2D eigenvalue weighted by atomic mass is 10.2. The van der Waals surface area contributed by atoms with Gasteiger partial charge < -0.3 is 29.5 Å². The molecular formula is C22H30N6O3. The molecular weight excluding hydrogens is 396 g/mol. The van der Waals surface area contributed by atoms with Crippen molar-refractivity contribution in [2.45, 2.75) is 19.8 Å². The van der Waals surface area contributed by atoms with Crippen molar-refractivity contribution < 1.29 is 14.3 Å². The number of rotatable bonds is 5. The molecule has 0 aliphatic carbocycles. The Bertz CT molecular complexity index is 923. The smallest absolute Gasteiger partial charge is 0.322 e. The molecule has 3 heterocycles. The first-order valence-corrected chi connectivity index (χ1v) is 10.7. The van der Waals surface area contributed by atoms with Crippen LogP contribution in [0.3, 0.4) is 0 Å². The Morgan fingerprint density at radius 3 is 2.35 bits per heavy atom. The number of amides is 2. The number of aryl methyl sites for hydroxylation is 1. The fourth-order valence-corrected chi connectivity index (χ4v) is 4.00. The minimum atomic E-state index is -0.150. The van der Waals surface area contributed by atoms with Gasteiger partial charge >= 0.3 is 6.03 Å². The minimum Gasteiger partial charge on any atom is -0.497 e. The molecule has 0 bridgehead atoms. The Morgan fingerprint density at radius 1 is 0.935 bits per heavy atom. The molecule has 2 aromatic rings. The Labute approximate surface area is 183 Å². The fourth-order valence-electron chi connectivity index (χ4n) is 4.00. The van der Waals surface area contributed by atoms with E-state index in [2.05, 4.69) is 20.1 Å². The molecule has 1 aromatic carbocycles. The van der Waals surface area contributed by atoms with E-state index in [0.29, 0.717) is 30.3 Å². The van der Waals surface area contributed by atoms with Crippen molar-refractivity contribution >= 4 is 23.5 Å². The number of piperazine rings is 1. The van der Waals surface area contributed by atoms with Gasteiger partial charge in [0.15, 0.2) is 0 Å². The zero-order valence-electron chi connectivity index (χ0n) is 18.4. The van der Waals surface area contributed by atoms with Gasteiger partial charge in [0.1, 0.15) is 17.3 Å². The van der Waals surface area contributed by atoms with Crippen molar-refractivity contribution in [3.63, 3.8) is 0 Å². The van der Waals surface area contributed by atoms with E-state index in [0.717, 1.165) is 43.6 Å². The van der Waals surface area contributed by atoms with Gasteiger partial charge in [-0.05, 0) is 31.9 Å². The quantitative estimate of drug-likeness (QED) is 0.787. The van der Waals surface area contributed by atoms with Crippen LogP contribution in [0.2, 0.25) is 0 Å². The summed E-state index contributed by atoms with van der Waals surface area (Å²) in [6.45, 7) is 6.71. The van der Waals surface area contributed by atoms with Crippen LogP contribution in [-0.2, 0) is 0 Å². The number of ether oxygens (including phenoxy) is 2. The minimum absolute atomic E-state index is 0.150. The second-order valence-corrected chi connectivity index (χ2v) is 7.83. The lowest BCUT2D eigenvalue weighted by Crippen LogP contribution is -2.50. The van der Waals surface area contributed by atoms with Gasteiger partial charge in [-0.2, -0.15) is 4.98 Å². The van der Waals surface area contributed by atoms with E-state index in [9.17, 15) is 4.79 Å². The molecule has 0 radical (unpaired) electrons. The molecule has 2 fully saturated rings. The van der Waals surface area contributed by atoms with Crippen molar-refractivity contribution in [1.82, 2.24) is 14.9 Å². The highest BCUT2D eigenvalue weighted by atomic mass is 16.5. The number of hydrogen-bond acceptors (Lipinski definition) is 7. The summed E-state index contributed by atoms with van der Waals surface area (Å²) in [5, 5.41) is 2.95. The molecule has 1 N–H and O–H groups in total. The molecule has 2 aliphatic heterocycles. The molecule has 2 amide bonds. The zero-order chi connectivity index (χ0) is 21.8. The van der Waals surface area contributed by atoms with Crippen LogP contribution in [0.1, 0.15) is 18.5 Å². The van der Waals surface area contributed by atoms with Gasteiger partial charge in [0.05, 0.1) is 19.9 Å². The lowest BCUT2D eigenvalue weighted by Gasteiger charge is -2.35. The first kappa shape index (κ1) is 21.0. The summed E-state index contributed by atoms with van der Waals surface area (Å²) < 4.78 is 10.6. The molecule has 4 rings (SSSR count). The third-order valence-corrected chi connectivity index (χ3v) is 5.76. The van der Waals surface area contributed by atoms with Crippen LogP contribution in [0.15, 0.2) is 24.3 Å². The topological polar surface area (TPSA) is 83.1 Å². The number of methoxy groups -OCH3 is 2.